The van der Waals surface area contributed by atoms with E-state index < -0.39 is 17.7 Å². The Kier molecular flexibility index (Phi) is 3.70. The van der Waals surface area contributed by atoms with Crippen LogP contribution in [0.2, 0.25) is 0 Å². The molecule has 0 radical (unpaired) electrons. The lowest BCUT2D eigenvalue weighted by molar-refractivity contribution is -0.138. The molecule has 0 aliphatic rings. The number of carboxylic acid groups (broad SMARTS) is 1. The van der Waals surface area contributed by atoms with Gasteiger partial charge in [-0.15, -0.1) is 0 Å². The Hall–Kier alpha value is -1.70. The van der Waals surface area contributed by atoms with Crippen molar-refractivity contribution in [1.82, 2.24) is 9.97 Å². The summed E-state index contributed by atoms with van der Waals surface area (Å²) in [6.07, 6.45) is -4.43. The number of benzene rings is 1. The van der Waals surface area contributed by atoms with E-state index in [0.29, 0.717) is 16.4 Å². The number of carboxylic acids is 1. The van der Waals surface area contributed by atoms with Gasteiger partial charge in [-0.1, -0.05) is 11.8 Å². The number of rotatable bonds is 4. The topological polar surface area (TPSA) is 66.0 Å². The highest BCUT2D eigenvalue weighted by Crippen LogP contribution is 2.31. The Bertz CT molecular complexity index is 609. The third-order valence-corrected chi connectivity index (χ3v) is 3.22. The summed E-state index contributed by atoms with van der Waals surface area (Å²) in [6.45, 7) is 0. The lowest BCUT2D eigenvalue weighted by Crippen LogP contribution is -2.04. The predicted molar refractivity (Wildman–Crippen MR) is 64.1 cm³/mol. The molecule has 8 heteroatoms. The number of nitrogens with one attached hydrogen (secondary N) is 1. The molecule has 0 spiro atoms. The van der Waals surface area contributed by atoms with Crippen LogP contribution in [0.1, 0.15) is 12.0 Å². The largest absolute Gasteiger partial charge is 0.481 e. The Balaban J connectivity index is 2.18. The fraction of sp³-hybridized carbons (Fsp3) is 0.273. The standard InChI is InChI=1S/C11H9F3N2O2S/c12-11(13,14)6-1-2-7-8(5-6)16-10(15-7)19-4-3-9(17)18/h1-2,5H,3-4H2,(H,15,16)(H,17,18). The molecule has 0 bridgehead atoms. The first kappa shape index (κ1) is 13.7. The van der Waals surface area contributed by atoms with Crippen LogP contribution in [0.15, 0.2) is 23.4 Å². The highest BCUT2D eigenvalue weighted by molar-refractivity contribution is 7.99. The summed E-state index contributed by atoms with van der Waals surface area (Å²) >= 11 is 1.16. The highest BCUT2D eigenvalue weighted by Gasteiger charge is 2.30. The molecule has 0 amide bonds. The number of alkyl halides is 3. The number of aromatic amines is 1. The van der Waals surface area contributed by atoms with Crippen LogP contribution in [0.3, 0.4) is 0 Å². The monoisotopic (exact) mass is 290 g/mol. The van der Waals surface area contributed by atoms with E-state index >= 15 is 0 Å². The Morgan fingerprint density at radius 3 is 2.79 bits per heavy atom. The van der Waals surface area contributed by atoms with Crippen LogP contribution in [0.25, 0.3) is 11.0 Å². The molecule has 2 aromatic rings. The van der Waals surface area contributed by atoms with Crippen molar-refractivity contribution >= 4 is 28.8 Å². The van der Waals surface area contributed by atoms with Crippen LogP contribution >= 0.6 is 11.8 Å². The molecule has 0 aliphatic heterocycles. The number of carbonyl (C=O) groups is 1. The Morgan fingerprint density at radius 2 is 2.16 bits per heavy atom. The van der Waals surface area contributed by atoms with Gasteiger partial charge in [0.15, 0.2) is 5.16 Å². The molecule has 102 valence electrons. The maximum absolute atomic E-state index is 12.5. The number of H-pyrrole nitrogens is 1. The van der Waals surface area contributed by atoms with Crippen molar-refractivity contribution in [2.24, 2.45) is 0 Å². The second-order valence-electron chi connectivity index (χ2n) is 3.76. The van der Waals surface area contributed by atoms with E-state index in [-0.39, 0.29) is 11.9 Å². The zero-order valence-electron chi connectivity index (χ0n) is 9.49. The highest BCUT2D eigenvalue weighted by atomic mass is 32.2. The third kappa shape index (κ3) is 3.40. The minimum atomic E-state index is -4.39. The number of fused-ring (bicyclic) bond motifs is 1. The van der Waals surface area contributed by atoms with Crippen LogP contribution in [-0.2, 0) is 11.0 Å². The summed E-state index contributed by atoms with van der Waals surface area (Å²) in [7, 11) is 0. The minimum Gasteiger partial charge on any atom is -0.481 e. The fourth-order valence-corrected chi connectivity index (χ4v) is 2.28. The summed E-state index contributed by atoms with van der Waals surface area (Å²) in [5.74, 6) is -0.621. The number of aromatic nitrogens is 2. The summed E-state index contributed by atoms with van der Waals surface area (Å²) in [6, 6.07) is 3.24. The molecular weight excluding hydrogens is 281 g/mol. The molecule has 0 saturated carbocycles. The first-order valence-electron chi connectivity index (χ1n) is 5.28. The zero-order valence-corrected chi connectivity index (χ0v) is 10.3. The summed E-state index contributed by atoms with van der Waals surface area (Å²) < 4.78 is 37.5. The molecule has 0 fully saturated rings. The third-order valence-electron chi connectivity index (χ3n) is 2.34. The molecule has 1 heterocycles. The van der Waals surface area contributed by atoms with Gasteiger partial charge in [-0.25, -0.2) is 4.98 Å². The SMILES string of the molecule is O=C(O)CCSc1nc2ccc(C(F)(F)F)cc2[nH]1. The normalized spacial score (nSPS) is 11.9. The molecule has 4 nitrogen and oxygen atoms in total. The van der Waals surface area contributed by atoms with Gasteiger partial charge in [-0.05, 0) is 18.2 Å². The van der Waals surface area contributed by atoms with E-state index in [4.69, 9.17) is 5.11 Å². The van der Waals surface area contributed by atoms with Gasteiger partial charge in [0.25, 0.3) is 0 Å². The summed E-state index contributed by atoms with van der Waals surface area (Å²) in [4.78, 5) is 17.2. The average Bonchev–Trinajstić information content (AvgIpc) is 2.68. The van der Waals surface area contributed by atoms with E-state index in [2.05, 4.69) is 9.97 Å². The van der Waals surface area contributed by atoms with E-state index in [0.717, 1.165) is 23.9 Å². The van der Waals surface area contributed by atoms with Crippen molar-refractivity contribution in [3.63, 3.8) is 0 Å². The van der Waals surface area contributed by atoms with Crippen LogP contribution in [0.4, 0.5) is 13.2 Å². The molecule has 0 atom stereocenters. The Labute approximate surface area is 110 Å². The number of imidazole rings is 1. The van der Waals surface area contributed by atoms with Crippen LogP contribution < -0.4 is 0 Å². The molecule has 1 aromatic carbocycles. The Morgan fingerprint density at radius 1 is 1.42 bits per heavy atom. The molecule has 2 N–H and O–H groups in total. The average molecular weight is 290 g/mol. The van der Waals surface area contributed by atoms with Crippen molar-refractivity contribution in [3.8, 4) is 0 Å². The van der Waals surface area contributed by atoms with Crippen molar-refractivity contribution in [3.05, 3.63) is 23.8 Å². The first-order chi connectivity index (χ1) is 8.86. The molecule has 1 aromatic heterocycles. The second kappa shape index (κ2) is 5.12. The molecule has 0 saturated heterocycles. The van der Waals surface area contributed by atoms with Gasteiger partial charge in [-0.2, -0.15) is 13.2 Å². The molecule has 19 heavy (non-hydrogen) atoms. The fourth-order valence-electron chi connectivity index (χ4n) is 1.47. The van der Waals surface area contributed by atoms with Crippen LogP contribution in [0.5, 0.6) is 0 Å². The number of hydrogen-bond donors (Lipinski definition) is 2. The van der Waals surface area contributed by atoms with Crippen molar-refractivity contribution in [2.45, 2.75) is 17.8 Å². The predicted octanol–water partition coefficient (Wildman–Crippen LogP) is 3.15. The molecule has 0 unspecified atom stereocenters. The molecule has 0 aliphatic carbocycles. The lowest BCUT2D eigenvalue weighted by Gasteiger charge is -2.05. The van der Waals surface area contributed by atoms with Crippen molar-refractivity contribution in [2.75, 3.05) is 5.75 Å². The van der Waals surface area contributed by atoms with Gasteiger partial charge in [0.1, 0.15) is 0 Å². The summed E-state index contributed by atoms with van der Waals surface area (Å²) in [5.41, 5.74) is -0.0378. The smallest absolute Gasteiger partial charge is 0.416 e. The van der Waals surface area contributed by atoms with E-state index in [1.165, 1.54) is 6.07 Å². The number of nitrogens with zero attached hydrogens (tertiary/aromatic N) is 1. The maximum Gasteiger partial charge on any atom is 0.416 e. The van der Waals surface area contributed by atoms with Gasteiger partial charge >= 0.3 is 12.1 Å². The van der Waals surface area contributed by atoms with Gasteiger partial charge in [0.05, 0.1) is 23.0 Å². The van der Waals surface area contributed by atoms with Crippen LogP contribution in [-0.4, -0.2) is 26.8 Å². The first-order valence-corrected chi connectivity index (χ1v) is 6.26. The van der Waals surface area contributed by atoms with E-state index in [1.54, 1.807) is 0 Å². The van der Waals surface area contributed by atoms with Gasteiger partial charge in [-0.3, -0.25) is 4.79 Å². The van der Waals surface area contributed by atoms with Crippen molar-refractivity contribution in [1.29, 1.82) is 0 Å². The number of halogens is 3. The molecule has 2 rings (SSSR count). The van der Waals surface area contributed by atoms with E-state index in [9.17, 15) is 18.0 Å². The number of aliphatic carboxylic acids is 1. The second-order valence-corrected chi connectivity index (χ2v) is 4.85. The van der Waals surface area contributed by atoms with Crippen molar-refractivity contribution < 1.29 is 23.1 Å². The van der Waals surface area contributed by atoms with Gasteiger partial charge < -0.3 is 10.1 Å². The van der Waals surface area contributed by atoms with Gasteiger partial charge in [0, 0.05) is 5.75 Å². The minimum absolute atomic E-state index is 0.0322. The van der Waals surface area contributed by atoms with Crippen LogP contribution in [0, 0.1) is 0 Å². The van der Waals surface area contributed by atoms with E-state index in [1.807, 2.05) is 0 Å². The quantitative estimate of drug-likeness (QED) is 0.849. The van der Waals surface area contributed by atoms with Gasteiger partial charge in [0.2, 0.25) is 0 Å². The zero-order chi connectivity index (χ0) is 14.0. The number of hydrogen-bond acceptors (Lipinski definition) is 3. The lowest BCUT2D eigenvalue weighted by atomic mass is 10.2. The summed E-state index contributed by atoms with van der Waals surface area (Å²) in [5, 5.41) is 8.90. The maximum atomic E-state index is 12.5. The molecular formula is C11H9F3N2O2S. The number of thioether (sulfide) groups is 1.